The van der Waals surface area contributed by atoms with Crippen LogP contribution in [-0.2, 0) is 14.3 Å². The maximum Gasteiger partial charge on any atom is 0.338 e. The number of nitro groups is 1. The van der Waals surface area contributed by atoms with Gasteiger partial charge in [0.15, 0.2) is 6.61 Å². The fraction of sp³-hybridized carbons (Fsp3) is 0.438. The third kappa shape index (κ3) is 6.98. The van der Waals surface area contributed by atoms with Crippen LogP contribution in [0, 0.1) is 10.1 Å². The second-order valence-corrected chi connectivity index (χ2v) is 6.43. The molecule has 0 aromatic heterocycles. The summed E-state index contributed by atoms with van der Waals surface area (Å²) in [4.78, 5) is 46.6. The summed E-state index contributed by atoms with van der Waals surface area (Å²) in [5.41, 5.74) is -0.479. The molecule has 0 heterocycles. The molecule has 136 valence electrons. The van der Waals surface area contributed by atoms with E-state index in [-0.39, 0.29) is 23.7 Å². The van der Waals surface area contributed by atoms with Gasteiger partial charge in [-0.3, -0.25) is 19.7 Å². The molecule has 0 spiro atoms. The highest BCUT2D eigenvalue weighted by Gasteiger charge is 2.19. The van der Waals surface area contributed by atoms with Gasteiger partial charge in [-0.1, -0.05) is 0 Å². The Morgan fingerprint density at radius 1 is 1.20 bits per heavy atom. The third-order valence-corrected chi connectivity index (χ3v) is 2.96. The second kappa shape index (κ2) is 8.22. The Morgan fingerprint density at radius 2 is 1.76 bits per heavy atom. The van der Waals surface area contributed by atoms with Crippen molar-refractivity contribution >= 4 is 23.5 Å². The Kier molecular flexibility index (Phi) is 6.60. The summed E-state index contributed by atoms with van der Waals surface area (Å²) in [6.07, 6.45) is 0. The van der Waals surface area contributed by atoms with Crippen molar-refractivity contribution in [1.82, 2.24) is 10.2 Å². The molecule has 9 nitrogen and oxygen atoms in total. The molecule has 1 aromatic carbocycles. The highest BCUT2D eigenvalue weighted by Crippen LogP contribution is 2.12. The predicted molar refractivity (Wildman–Crippen MR) is 88.9 cm³/mol. The Labute approximate surface area is 145 Å². The zero-order chi connectivity index (χ0) is 19.2. The van der Waals surface area contributed by atoms with Crippen LogP contribution in [0.1, 0.15) is 31.1 Å². The Balaban J connectivity index is 2.50. The number of benzene rings is 1. The first-order valence-corrected chi connectivity index (χ1v) is 7.46. The first kappa shape index (κ1) is 20.1. The number of rotatable bonds is 6. The molecule has 0 atom stereocenters. The van der Waals surface area contributed by atoms with Crippen LogP contribution < -0.4 is 5.32 Å². The average molecular weight is 351 g/mol. The number of nitrogens with one attached hydrogen (secondary N) is 1. The highest BCUT2D eigenvalue weighted by atomic mass is 16.6. The number of non-ortho nitro benzene ring substituents is 1. The van der Waals surface area contributed by atoms with Gasteiger partial charge in [-0.25, -0.2) is 4.79 Å². The van der Waals surface area contributed by atoms with E-state index in [2.05, 4.69) is 5.32 Å². The quantitative estimate of drug-likeness (QED) is 0.466. The van der Waals surface area contributed by atoms with Crippen LogP contribution in [0.2, 0.25) is 0 Å². The summed E-state index contributed by atoms with van der Waals surface area (Å²) < 4.78 is 4.86. The number of amides is 2. The van der Waals surface area contributed by atoms with E-state index in [0.29, 0.717) is 0 Å². The number of ether oxygens (including phenoxy) is 1. The molecule has 1 N–H and O–H groups in total. The largest absolute Gasteiger partial charge is 0.452 e. The van der Waals surface area contributed by atoms with E-state index in [1.165, 1.54) is 31.3 Å². The van der Waals surface area contributed by atoms with Crippen LogP contribution in [0.25, 0.3) is 0 Å². The lowest BCUT2D eigenvalue weighted by atomic mass is 10.1. The topological polar surface area (TPSA) is 119 Å². The third-order valence-electron chi connectivity index (χ3n) is 2.96. The van der Waals surface area contributed by atoms with Gasteiger partial charge in [-0.15, -0.1) is 0 Å². The molecule has 0 aliphatic carbocycles. The number of esters is 1. The second-order valence-electron chi connectivity index (χ2n) is 6.43. The molecule has 25 heavy (non-hydrogen) atoms. The minimum absolute atomic E-state index is 0.0894. The Hall–Kier alpha value is -2.97. The number of nitrogens with zero attached hydrogens (tertiary/aromatic N) is 2. The Bertz CT molecular complexity index is 663. The van der Waals surface area contributed by atoms with Gasteiger partial charge < -0.3 is 15.0 Å². The molecule has 0 saturated carbocycles. The molecule has 0 bridgehead atoms. The molecule has 1 rings (SSSR count). The lowest BCUT2D eigenvalue weighted by Gasteiger charge is -2.23. The molecule has 0 fully saturated rings. The first-order chi connectivity index (χ1) is 11.5. The molecule has 2 amide bonds. The van der Waals surface area contributed by atoms with Gasteiger partial charge in [0.2, 0.25) is 5.91 Å². The minimum atomic E-state index is -0.782. The number of carbonyl (C=O) groups is 3. The standard InChI is InChI=1S/C16H21N3O6/c1-16(2,3)17-13(20)9-18(4)14(21)10-25-15(22)11-5-7-12(8-6-11)19(23)24/h5-8H,9-10H2,1-4H3,(H,17,20). The van der Waals surface area contributed by atoms with Gasteiger partial charge in [-0.05, 0) is 32.9 Å². The van der Waals surface area contributed by atoms with Crippen molar-refractivity contribution in [2.75, 3.05) is 20.2 Å². The van der Waals surface area contributed by atoms with Crippen molar-refractivity contribution in [3.05, 3.63) is 39.9 Å². The average Bonchev–Trinajstić information content (AvgIpc) is 2.50. The SMILES string of the molecule is CN(CC(=O)NC(C)(C)C)C(=O)COC(=O)c1ccc([N+](=O)[O-])cc1. The van der Waals surface area contributed by atoms with E-state index < -0.39 is 28.9 Å². The summed E-state index contributed by atoms with van der Waals surface area (Å²) in [5, 5.41) is 13.3. The van der Waals surface area contributed by atoms with Gasteiger partial charge in [-0.2, -0.15) is 0 Å². The van der Waals surface area contributed by atoms with Gasteiger partial charge in [0.05, 0.1) is 17.0 Å². The van der Waals surface area contributed by atoms with Crippen LogP contribution in [0.5, 0.6) is 0 Å². The van der Waals surface area contributed by atoms with Crippen LogP contribution in [0.3, 0.4) is 0 Å². The van der Waals surface area contributed by atoms with E-state index in [0.717, 1.165) is 4.90 Å². The summed E-state index contributed by atoms with van der Waals surface area (Å²) in [6, 6.07) is 4.82. The summed E-state index contributed by atoms with van der Waals surface area (Å²) in [7, 11) is 1.42. The van der Waals surface area contributed by atoms with Gasteiger partial charge in [0.25, 0.3) is 11.6 Å². The number of likely N-dealkylation sites (N-methyl/N-ethyl adjacent to an activating group) is 1. The van der Waals surface area contributed by atoms with Crippen molar-refractivity contribution in [3.63, 3.8) is 0 Å². The summed E-state index contributed by atoms with van der Waals surface area (Å²) in [6.45, 7) is 4.76. The fourth-order valence-corrected chi connectivity index (χ4v) is 1.80. The fourth-order valence-electron chi connectivity index (χ4n) is 1.80. The molecule has 9 heteroatoms. The normalized spacial score (nSPS) is 10.7. The predicted octanol–water partition coefficient (Wildman–Crippen LogP) is 1.12. The van der Waals surface area contributed by atoms with Crippen molar-refractivity contribution in [1.29, 1.82) is 0 Å². The zero-order valence-corrected chi connectivity index (χ0v) is 14.6. The molecule has 0 unspecified atom stereocenters. The van der Waals surface area contributed by atoms with E-state index >= 15 is 0 Å². The van der Waals surface area contributed by atoms with Crippen molar-refractivity contribution in [2.24, 2.45) is 0 Å². The number of hydrogen-bond acceptors (Lipinski definition) is 6. The van der Waals surface area contributed by atoms with Gasteiger partial charge in [0, 0.05) is 24.7 Å². The Morgan fingerprint density at radius 3 is 2.24 bits per heavy atom. The zero-order valence-electron chi connectivity index (χ0n) is 14.6. The molecule has 0 radical (unpaired) electrons. The smallest absolute Gasteiger partial charge is 0.338 e. The van der Waals surface area contributed by atoms with Gasteiger partial charge >= 0.3 is 5.97 Å². The monoisotopic (exact) mass is 351 g/mol. The van der Waals surface area contributed by atoms with Crippen LogP contribution in [0.15, 0.2) is 24.3 Å². The number of carbonyl (C=O) groups excluding carboxylic acids is 3. The number of hydrogen-bond donors (Lipinski definition) is 1. The highest BCUT2D eigenvalue weighted by molar-refractivity contribution is 5.92. The summed E-state index contributed by atoms with van der Waals surface area (Å²) >= 11 is 0. The molecular weight excluding hydrogens is 330 g/mol. The van der Waals surface area contributed by atoms with Crippen LogP contribution in [0.4, 0.5) is 5.69 Å². The van der Waals surface area contributed by atoms with Crippen molar-refractivity contribution < 1.29 is 24.0 Å². The molecule has 1 aromatic rings. The minimum Gasteiger partial charge on any atom is -0.452 e. The van der Waals surface area contributed by atoms with E-state index in [4.69, 9.17) is 4.74 Å². The lowest BCUT2D eigenvalue weighted by molar-refractivity contribution is -0.384. The maximum atomic E-state index is 11.9. The van der Waals surface area contributed by atoms with E-state index in [9.17, 15) is 24.5 Å². The van der Waals surface area contributed by atoms with Crippen molar-refractivity contribution in [3.8, 4) is 0 Å². The van der Waals surface area contributed by atoms with Crippen molar-refractivity contribution in [2.45, 2.75) is 26.3 Å². The molecular formula is C16H21N3O6. The van der Waals surface area contributed by atoms with Gasteiger partial charge in [0.1, 0.15) is 0 Å². The van der Waals surface area contributed by atoms with Crippen LogP contribution in [-0.4, -0.2) is 53.3 Å². The number of nitro benzene ring substituents is 1. The van der Waals surface area contributed by atoms with E-state index in [1.807, 2.05) is 20.8 Å². The summed E-state index contributed by atoms with van der Waals surface area (Å²) in [5.74, 6) is -1.65. The molecule has 0 aliphatic rings. The van der Waals surface area contributed by atoms with Crippen LogP contribution >= 0.6 is 0 Å². The molecule has 0 aliphatic heterocycles. The maximum absolute atomic E-state index is 11.9. The van der Waals surface area contributed by atoms with E-state index in [1.54, 1.807) is 0 Å². The lowest BCUT2D eigenvalue weighted by Crippen LogP contribution is -2.46. The molecule has 0 saturated heterocycles. The first-order valence-electron chi connectivity index (χ1n) is 7.46.